The van der Waals surface area contributed by atoms with Gasteiger partial charge in [0, 0.05) is 12.1 Å². The van der Waals surface area contributed by atoms with Crippen LogP contribution in [0.3, 0.4) is 0 Å². The minimum atomic E-state index is 0.557. The summed E-state index contributed by atoms with van der Waals surface area (Å²) in [6, 6.07) is 1.50. The fourth-order valence-corrected chi connectivity index (χ4v) is 4.49. The Morgan fingerprint density at radius 2 is 1.76 bits per heavy atom. The molecule has 0 aromatic heterocycles. The zero-order valence-electron chi connectivity index (χ0n) is 10.7. The second-order valence-electron chi connectivity index (χ2n) is 6.84. The van der Waals surface area contributed by atoms with Gasteiger partial charge in [-0.1, -0.05) is 12.8 Å². The Morgan fingerprint density at radius 3 is 2.47 bits per heavy atom. The first-order valence-electron chi connectivity index (χ1n) is 7.80. The zero-order valence-corrected chi connectivity index (χ0v) is 10.7. The van der Waals surface area contributed by atoms with E-state index in [0.29, 0.717) is 18.2 Å². The lowest BCUT2D eigenvalue weighted by molar-refractivity contribution is 0.0940. The van der Waals surface area contributed by atoms with Gasteiger partial charge >= 0.3 is 0 Å². The minimum Gasteiger partial charge on any atom is -0.373 e. The van der Waals surface area contributed by atoms with Crippen molar-refractivity contribution < 1.29 is 4.74 Å². The molecule has 2 heteroatoms. The van der Waals surface area contributed by atoms with Crippen LogP contribution in [0.25, 0.3) is 0 Å². The lowest BCUT2D eigenvalue weighted by Crippen LogP contribution is -2.45. The fourth-order valence-electron chi connectivity index (χ4n) is 4.49. The molecule has 0 amide bonds. The molecule has 2 aliphatic carbocycles. The molecule has 17 heavy (non-hydrogen) atoms. The molecule has 0 radical (unpaired) electrons. The van der Waals surface area contributed by atoms with Crippen LogP contribution in [0.4, 0.5) is 0 Å². The van der Waals surface area contributed by atoms with Crippen molar-refractivity contribution in [3.05, 3.63) is 0 Å². The van der Waals surface area contributed by atoms with Crippen molar-refractivity contribution in [2.45, 2.75) is 82.1 Å². The van der Waals surface area contributed by atoms with E-state index in [4.69, 9.17) is 4.74 Å². The third-order valence-electron chi connectivity index (χ3n) is 5.56. The van der Waals surface area contributed by atoms with Gasteiger partial charge in [0.25, 0.3) is 0 Å². The van der Waals surface area contributed by atoms with E-state index in [1.165, 1.54) is 57.8 Å². The molecule has 4 rings (SSSR count). The van der Waals surface area contributed by atoms with E-state index in [1.807, 2.05) is 0 Å². The lowest BCUT2D eigenvalue weighted by Gasteiger charge is -2.33. The number of rotatable bonds is 3. The molecule has 0 aromatic carbocycles. The average Bonchev–Trinajstić information content (AvgIpc) is 3.01. The first kappa shape index (κ1) is 10.8. The molecule has 2 aliphatic heterocycles. The number of hydrogen-bond acceptors (Lipinski definition) is 2. The molecule has 2 saturated carbocycles. The normalized spacial score (nSPS) is 49.8. The molecule has 5 atom stereocenters. The highest BCUT2D eigenvalue weighted by molar-refractivity contribution is 4.97. The van der Waals surface area contributed by atoms with E-state index in [9.17, 15) is 0 Å². The Labute approximate surface area is 104 Å². The summed E-state index contributed by atoms with van der Waals surface area (Å²) in [4.78, 5) is 0. The van der Waals surface area contributed by atoms with E-state index in [2.05, 4.69) is 5.32 Å². The molecule has 0 aromatic rings. The fraction of sp³-hybridized carbons (Fsp3) is 1.00. The monoisotopic (exact) mass is 235 g/mol. The van der Waals surface area contributed by atoms with Gasteiger partial charge in [0.05, 0.1) is 12.2 Å². The molecule has 96 valence electrons. The number of ether oxygens (including phenoxy) is 1. The van der Waals surface area contributed by atoms with Crippen LogP contribution in [0, 0.1) is 11.8 Å². The highest BCUT2D eigenvalue weighted by Gasteiger charge is 2.42. The van der Waals surface area contributed by atoms with Gasteiger partial charge in [0.15, 0.2) is 0 Å². The van der Waals surface area contributed by atoms with Gasteiger partial charge in [-0.2, -0.15) is 0 Å². The van der Waals surface area contributed by atoms with Crippen LogP contribution in [-0.4, -0.2) is 24.3 Å². The third kappa shape index (κ3) is 2.15. The molecule has 2 bridgehead atoms. The molecule has 2 nitrogen and oxygen atoms in total. The average molecular weight is 235 g/mol. The van der Waals surface area contributed by atoms with Crippen LogP contribution in [0.5, 0.6) is 0 Å². The standard InChI is InChI=1S/C15H25NO/c1-2-11(10-4-5-10)8-12(3-1)16-14-9-13-6-7-15(14)17-13/h10-16H,1-9H2. The van der Waals surface area contributed by atoms with E-state index in [1.54, 1.807) is 0 Å². The van der Waals surface area contributed by atoms with Gasteiger partial charge in [0.2, 0.25) is 0 Å². The van der Waals surface area contributed by atoms with E-state index < -0.39 is 0 Å². The zero-order chi connectivity index (χ0) is 11.2. The smallest absolute Gasteiger partial charge is 0.0733 e. The van der Waals surface area contributed by atoms with Crippen molar-refractivity contribution in [2.24, 2.45) is 11.8 Å². The van der Waals surface area contributed by atoms with Crippen molar-refractivity contribution in [3.8, 4) is 0 Å². The summed E-state index contributed by atoms with van der Waals surface area (Å²) >= 11 is 0. The maximum absolute atomic E-state index is 5.95. The molecule has 2 heterocycles. The van der Waals surface area contributed by atoms with Crippen LogP contribution in [0.15, 0.2) is 0 Å². The van der Waals surface area contributed by atoms with Crippen molar-refractivity contribution in [1.82, 2.24) is 5.32 Å². The van der Waals surface area contributed by atoms with E-state index >= 15 is 0 Å². The maximum Gasteiger partial charge on any atom is 0.0733 e. The van der Waals surface area contributed by atoms with Crippen LogP contribution in [-0.2, 0) is 4.74 Å². The molecule has 2 saturated heterocycles. The van der Waals surface area contributed by atoms with Crippen molar-refractivity contribution in [1.29, 1.82) is 0 Å². The number of nitrogens with one attached hydrogen (secondary N) is 1. The molecular weight excluding hydrogens is 210 g/mol. The predicted molar refractivity (Wildman–Crippen MR) is 67.9 cm³/mol. The lowest BCUT2D eigenvalue weighted by atomic mass is 9.82. The Bertz CT molecular complexity index is 289. The molecule has 4 fully saturated rings. The Morgan fingerprint density at radius 1 is 0.824 bits per heavy atom. The second kappa shape index (κ2) is 4.24. The van der Waals surface area contributed by atoms with Gasteiger partial charge in [-0.05, 0) is 56.8 Å². The SMILES string of the molecule is C1CC(NC2CC3CCC2O3)CC(C2CC2)C1. The highest BCUT2D eigenvalue weighted by Crippen LogP contribution is 2.44. The highest BCUT2D eigenvalue weighted by atomic mass is 16.5. The van der Waals surface area contributed by atoms with Crippen LogP contribution in [0.2, 0.25) is 0 Å². The Balaban J connectivity index is 1.32. The summed E-state index contributed by atoms with van der Waals surface area (Å²) in [7, 11) is 0. The van der Waals surface area contributed by atoms with E-state index in [0.717, 1.165) is 17.9 Å². The summed E-state index contributed by atoms with van der Waals surface area (Å²) in [5.74, 6) is 2.16. The molecule has 5 unspecified atom stereocenters. The Hall–Kier alpha value is -0.0800. The third-order valence-corrected chi connectivity index (χ3v) is 5.56. The van der Waals surface area contributed by atoms with E-state index in [-0.39, 0.29) is 0 Å². The number of hydrogen-bond donors (Lipinski definition) is 1. The topological polar surface area (TPSA) is 21.3 Å². The van der Waals surface area contributed by atoms with Crippen molar-refractivity contribution in [2.75, 3.05) is 0 Å². The summed E-state index contributed by atoms with van der Waals surface area (Å²) in [6.45, 7) is 0. The first-order chi connectivity index (χ1) is 8.38. The minimum absolute atomic E-state index is 0.557. The quantitative estimate of drug-likeness (QED) is 0.812. The van der Waals surface area contributed by atoms with Gasteiger partial charge < -0.3 is 10.1 Å². The second-order valence-corrected chi connectivity index (χ2v) is 6.84. The van der Waals surface area contributed by atoms with Crippen LogP contribution >= 0.6 is 0 Å². The Kier molecular flexibility index (Phi) is 2.69. The van der Waals surface area contributed by atoms with Crippen molar-refractivity contribution >= 4 is 0 Å². The van der Waals surface area contributed by atoms with Crippen LogP contribution < -0.4 is 5.32 Å². The van der Waals surface area contributed by atoms with Crippen molar-refractivity contribution in [3.63, 3.8) is 0 Å². The summed E-state index contributed by atoms with van der Waals surface area (Å²) in [6.07, 6.45) is 13.9. The summed E-state index contributed by atoms with van der Waals surface area (Å²) < 4.78 is 5.95. The largest absolute Gasteiger partial charge is 0.373 e. The summed E-state index contributed by atoms with van der Waals surface area (Å²) in [5, 5.41) is 3.94. The first-order valence-corrected chi connectivity index (χ1v) is 7.80. The van der Waals surface area contributed by atoms with Crippen LogP contribution in [0.1, 0.15) is 57.8 Å². The number of fused-ring (bicyclic) bond motifs is 2. The van der Waals surface area contributed by atoms with Gasteiger partial charge in [-0.3, -0.25) is 0 Å². The predicted octanol–water partition coefficient (Wildman–Crippen LogP) is 2.86. The molecule has 1 N–H and O–H groups in total. The van der Waals surface area contributed by atoms with Gasteiger partial charge in [-0.15, -0.1) is 0 Å². The molecule has 4 aliphatic rings. The van der Waals surface area contributed by atoms with Gasteiger partial charge in [0.1, 0.15) is 0 Å². The molecule has 0 spiro atoms. The summed E-state index contributed by atoms with van der Waals surface area (Å²) in [5.41, 5.74) is 0. The van der Waals surface area contributed by atoms with Gasteiger partial charge in [-0.25, -0.2) is 0 Å². The molecular formula is C15H25NO. The maximum atomic E-state index is 5.95.